The maximum Gasteiger partial charge on any atom is 0.263 e. The maximum atomic E-state index is 12.5. The lowest BCUT2D eigenvalue weighted by atomic mass is 9.89. The summed E-state index contributed by atoms with van der Waals surface area (Å²) in [5, 5.41) is 16.1. The summed E-state index contributed by atoms with van der Waals surface area (Å²) in [7, 11) is 0. The Balaban J connectivity index is 1.69. The van der Waals surface area contributed by atoms with Crippen molar-refractivity contribution in [1.82, 2.24) is 5.32 Å². The van der Waals surface area contributed by atoms with E-state index in [-0.39, 0.29) is 11.6 Å². The molecular weight excluding hydrogens is 393 g/mol. The first kappa shape index (κ1) is 20.3. The number of anilines is 1. The molecule has 6 heteroatoms. The third kappa shape index (κ3) is 4.86. The summed E-state index contributed by atoms with van der Waals surface area (Å²) in [4.78, 5) is 12.5. The SMILES string of the molecule is CC(NC(=O)/C(C#N)=C\Nc1cc(Cl)ccc1Cl)c1ccc2c(c1)CCCC2. The molecule has 0 aliphatic heterocycles. The molecule has 2 N–H and O–H groups in total. The van der Waals surface area contributed by atoms with Crippen molar-refractivity contribution in [2.45, 2.75) is 38.6 Å². The van der Waals surface area contributed by atoms with E-state index in [9.17, 15) is 10.1 Å². The highest BCUT2D eigenvalue weighted by Crippen LogP contribution is 2.26. The second-order valence-corrected chi connectivity index (χ2v) is 7.71. The Morgan fingerprint density at radius 1 is 1.14 bits per heavy atom. The quantitative estimate of drug-likeness (QED) is 0.497. The molecule has 3 rings (SSSR count). The smallest absolute Gasteiger partial charge is 0.263 e. The molecule has 1 atom stereocenters. The molecule has 1 unspecified atom stereocenters. The molecule has 0 saturated heterocycles. The highest BCUT2D eigenvalue weighted by atomic mass is 35.5. The number of nitrogens with zero attached hydrogens (tertiary/aromatic N) is 1. The number of nitrogens with one attached hydrogen (secondary N) is 2. The third-order valence-electron chi connectivity index (χ3n) is 4.89. The molecular formula is C22H21Cl2N3O. The second kappa shape index (κ2) is 9.14. The summed E-state index contributed by atoms with van der Waals surface area (Å²) in [6.07, 6.45) is 5.98. The average Bonchev–Trinajstić information content (AvgIpc) is 2.70. The van der Waals surface area contributed by atoms with Crippen LogP contribution in [0.5, 0.6) is 0 Å². The fourth-order valence-electron chi connectivity index (χ4n) is 3.29. The molecule has 2 aromatic rings. The minimum absolute atomic E-state index is 0.0409. The van der Waals surface area contributed by atoms with Crippen LogP contribution in [0.2, 0.25) is 10.0 Å². The van der Waals surface area contributed by atoms with Gasteiger partial charge in [-0.3, -0.25) is 4.79 Å². The lowest BCUT2D eigenvalue weighted by molar-refractivity contribution is -0.117. The van der Waals surface area contributed by atoms with Gasteiger partial charge in [0, 0.05) is 11.2 Å². The van der Waals surface area contributed by atoms with Crippen molar-refractivity contribution in [3.8, 4) is 6.07 Å². The predicted molar refractivity (Wildman–Crippen MR) is 113 cm³/mol. The first-order chi connectivity index (χ1) is 13.5. The van der Waals surface area contributed by atoms with Crippen molar-refractivity contribution in [2.75, 3.05) is 5.32 Å². The number of fused-ring (bicyclic) bond motifs is 1. The van der Waals surface area contributed by atoms with E-state index in [1.165, 1.54) is 30.2 Å². The van der Waals surface area contributed by atoms with E-state index in [1.807, 2.05) is 13.0 Å². The zero-order chi connectivity index (χ0) is 20.1. The number of aryl methyl sites for hydroxylation is 2. The fraction of sp³-hybridized carbons (Fsp3) is 0.273. The van der Waals surface area contributed by atoms with Crippen LogP contribution in [0, 0.1) is 11.3 Å². The van der Waals surface area contributed by atoms with Crippen molar-refractivity contribution in [1.29, 1.82) is 5.26 Å². The molecule has 0 bridgehead atoms. The zero-order valence-corrected chi connectivity index (χ0v) is 17.1. The molecule has 0 fully saturated rings. The van der Waals surface area contributed by atoms with Crippen molar-refractivity contribution in [3.63, 3.8) is 0 Å². The lowest BCUT2D eigenvalue weighted by Gasteiger charge is -2.20. The normalized spacial score (nSPS) is 14.6. The fourth-order valence-corrected chi connectivity index (χ4v) is 3.63. The van der Waals surface area contributed by atoms with E-state index in [0.717, 1.165) is 18.4 Å². The van der Waals surface area contributed by atoms with Crippen LogP contribution in [0.3, 0.4) is 0 Å². The molecule has 1 aliphatic rings. The number of benzene rings is 2. The Labute approximate surface area is 175 Å². The van der Waals surface area contributed by atoms with Gasteiger partial charge in [0.05, 0.1) is 16.8 Å². The summed E-state index contributed by atoms with van der Waals surface area (Å²) in [5.74, 6) is -0.446. The van der Waals surface area contributed by atoms with E-state index in [1.54, 1.807) is 18.2 Å². The number of amides is 1. The lowest BCUT2D eigenvalue weighted by Crippen LogP contribution is -2.28. The van der Waals surface area contributed by atoms with Crippen molar-refractivity contribution in [3.05, 3.63) is 74.9 Å². The molecule has 1 aliphatic carbocycles. The summed E-state index contributed by atoms with van der Waals surface area (Å²) in [5.41, 5.74) is 4.28. The highest BCUT2D eigenvalue weighted by Gasteiger charge is 2.16. The van der Waals surface area contributed by atoms with E-state index < -0.39 is 5.91 Å². The minimum Gasteiger partial charge on any atom is -0.359 e. The van der Waals surface area contributed by atoms with Gasteiger partial charge in [0.1, 0.15) is 11.6 Å². The largest absolute Gasteiger partial charge is 0.359 e. The first-order valence-corrected chi connectivity index (χ1v) is 9.98. The van der Waals surface area contributed by atoms with E-state index >= 15 is 0 Å². The third-order valence-corrected chi connectivity index (χ3v) is 5.45. The summed E-state index contributed by atoms with van der Waals surface area (Å²) < 4.78 is 0. The van der Waals surface area contributed by atoms with Gasteiger partial charge in [-0.25, -0.2) is 0 Å². The highest BCUT2D eigenvalue weighted by molar-refractivity contribution is 6.35. The first-order valence-electron chi connectivity index (χ1n) is 9.22. The molecule has 4 nitrogen and oxygen atoms in total. The van der Waals surface area contributed by atoms with Gasteiger partial charge < -0.3 is 10.6 Å². The van der Waals surface area contributed by atoms with Gasteiger partial charge in [-0.1, -0.05) is 41.4 Å². The summed E-state index contributed by atoms with van der Waals surface area (Å²) in [6, 6.07) is 13.0. The van der Waals surface area contributed by atoms with Gasteiger partial charge in [-0.05, 0) is 67.5 Å². The number of rotatable bonds is 5. The van der Waals surface area contributed by atoms with Gasteiger partial charge in [0.15, 0.2) is 0 Å². The molecule has 2 aromatic carbocycles. The second-order valence-electron chi connectivity index (χ2n) is 6.87. The average molecular weight is 414 g/mol. The van der Waals surface area contributed by atoms with E-state index in [0.29, 0.717) is 15.7 Å². The summed E-state index contributed by atoms with van der Waals surface area (Å²) >= 11 is 12.0. The molecule has 0 radical (unpaired) electrons. The van der Waals surface area contributed by atoms with Crippen LogP contribution in [0.1, 0.15) is 42.5 Å². The van der Waals surface area contributed by atoms with Crippen molar-refractivity contribution in [2.24, 2.45) is 0 Å². The minimum atomic E-state index is -0.446. The molecule has 28 heavy (non-hydrogen) atoms. The van der Waals surface area contributed by atoms with Crippen LogP contribution >= 0.6 is 23.2 Å². The molecule has 0 aromatic heterocycles. The summed E-state index contributed by atoms with van der Waals surface area (Å²) in [6.45, 7) is 1.92. The van der Waals surface area contributed by atoms with Crippen molar-refractivity contribution >= 4 is 34.8 Å². The van der Waals surface area contributed by atoms with Gasteiger partial charge in [-0.15, -0.1) is 0 Å². The number of halogens is 2. The van der Waals surface area contributed by atoms with Gasteiger partial charge in [-0.2, -0.15) is 5.26 Å². The van der Waals surface area contributed by atoms with Crippen LogP contribution in [0.15, 0.2) is 48.2 Å². The van der Waals surface area contributed by atoms with E-state index in [4.69, 9.17) is 23.2 Å². The van der Waals surface area contributed by atoms with Crippen molar-refractivity contribution < 1.29 is 4.79 Å². The molecule has 0 heterocycles. The number of nitriles is 1. The number of carbonyl (C=O) groups is 1. The monoisotopic (exact) mass is 413 g/mol. The molecule has 1 amide bonds. The van der Waals surface area contributed by atoms with Crippen LogP contribution in [0.4, 0.5) is 5.69 Å². The Morgan fingerprint density at radius 2 is 1.89 bits per heavy atom. The van der Waals surface area contributed by atoms with Gasteiger partial charge in [0.2, 0.25) is 0 Å². The Hall–Kier alpha value is -2.48. The Kier molecular flexibility index (Phi) is 6.61. The topological polar surface area (TPSA) is 64.9 Å². The van der Waals surface area contributed by atoms with Crippen LogP contribution in [0.25, 0.3) is 0 Å². The molecule has 0 saturated carbocycles. The van der Waals surface area contributed by atoms with Gasteiger partial charge >= 0.3 is 0 Å². The maximum absolute atomic E-state index is 12.5. The molecule has 144 valence electrons. The Morgan fingerprint density at radius 3 is 2.64 bits per heavy atom. The molecule has 0 spiro atoms. The standard InChI is InChI=1S/C22H21Cl2N3O/c1-14(16-7-6-15-4-2-3-5-17(15)10-16)27-22(28)18(12-25)13-26-21-11-19(23)8-9-20(21)24/h6-11,13-14,26H,2-5H2,1H3,(H,27,28)/b18-13-. The Bertz CT molecular complexity index is 963. The number of hydrogen-bond acceptors (Lipinski definition) is 3. The number of hydrogen-bond donors (Lipinski definition) is 2. The van der Waals surface area contributed by atoms with Crippen LogP contribution in [-0.2, 0) is 17.6 Å². The predicted octanol–water partition coefficient (Wildman–Crippen LogP) is 5.57. The van der Waals surface area contributed by atoms with Crippen LogP contribution < -0.4 is 10.6 Å². The van der Waals surface area contributed by atoms with Gasteiger partial charge in [0.25, 0.3) is 5.91 Å². The van der Waals surface area contributed by atoms with Crippen LogP contribution in [-0.4, -0.2) is 5.91 Å². The van der Waals surface area contributed by atoms with E-state index in [2.05, 4.69) is 28.8 Å². The zero-order valence-electron chi connectivity index (χ0n) is 15.6. The number of carbonyl (C=O) groups excluding carboxylic acids is 1.